The van der Waals surface area contributed by atoms with E-state index in [2.05, 4.69) is 23.7 Å². The second kappa shape index (κ2) is 5.16. The molecule has 0 saturated carbocycles. The number of thiazole rings is 1. The van der Waals surface area contributed by atoms with Crippen molar-refractivity contribution in [1.82, 2.24) is 4.98 Å². The fraction of sp³-hybridized carbons (Fsp3) is 0.636. The summed E-state index contributed by atoms with van der Waals surface area (Å²) in [6, 6.07) is 0. The molecular formula is C11H15ClN2OS2. The van der Waals surface area contributed by atoms with Crippen molar-refractivity contribution >= 4 is 46.1 Å². The van der Waals surface area contributed by atoms with E-state index in [1.165, 1.54) is 11.3 Å². The Balaban J connectivity index is 2.14. The number of aromatic nitrogens is 1. The Morgan fingerprint density at radius 2 is 2.24 bits per heavy atom. The smallest absolute Gasteiger partial charge is 0.187 e. The lowest BCUT2D eigenvalue weighted by molar-refractivity contribution is 0.112. The van der Waals surface area contributed by atoms with Crippen LogP contribution >= 0.6 is 34.7 Å². The molecule has 0 radical (unpaired) electrons. The Bertz CT molecular complexity index is 420. The molecule has 0 spiro atoms. The molecule has 1 saturated heterocycles. The van der Waals surface area contributed by atoms with E-state index in [9.17, 15) is 4.79 Å². The molecule has 1 fully saturated rings. The van der Waals surface area contributed by atoms with Crippen LogP contribution in [0.4, 0.5) is 5.13 Å². The molecule has 94 valence electrons. The molecule has 2 heterocycles. The van der Waals surface area contributed by atoms with Gasteiger partial charge in [0, 0.05) is 23.6 Å². The van der Waals surface area contributed by atoms with Crippen LogP contribution in [0.15, 0.2) is 0 Å². The highest BCUT2D eigenvalue weighted by Gasteiger charge is 2.25. The normalized spacial score (nSPS) is 20.1. The highest BCUT2D eigenvalue weighted by molar-refractivity contribution is 8.00. The van der Waals surface area contributed by atoms with Gasteiger partial charge in [0.25, 0.3) is 0 Å². The Morgan fingerprint density at radius 1 is 1.47 bits per heavy atom. The van der Waals surface area contributed by atoms with E-state index in [0.717, 1.165) is 36.7 Å². The molecule has 1 aromatic rings. The van der Waals surface area contributed by atoms with Crippen molar-refractivity contribution in [3.63, 3.8) is 0 Å². The van der Waals surface area contributed by atoms with Crippen LogP contribution in [0.3, 0.4) is 0 Å². The van der Waals surface area contributed by atoms with Gasteiger partial charge in [-0.05, 0) is 6.42 Å². The predicted octanol–water partition coefficient (Wildman–Crippen LogP) is 3.33. The number of thioether (sulfide) groups is 1. The Hall–Kier alpha value is -0.260. The predicted molar refractivity (Wildman–Crippen MR) is 75.9 cm³/mol. The number of anilines is 1. The molecule has 0 atom stereocenters. The zero-order valence-electron chi connectivity index (χ0n) is 9.90. The first kappa shape index (κ1) is 13.2. The highest BCUT2D eigenvalue weighted by atomic mass is 35.5. The summed E-state index contributed by atoms with van der Waals surface area (Å²) in [5.41, 5.74) is 0. The van der Waals surface area contributed by atoms with Crippen molar-refractivity contribution in [2.24, 2.45) is 0 Å². The van der Waals surface area contributed by atoms with E-state index >= 15 is 0 Å². The minimum Gasteiger partial charge on any atom is -0.347 e. The van der Waals surface area contributed by atoms with Gasteiger partial charge in [-0.3, -0.25) is 4.79 Å². The average Bonchev–Trinajstić information content (AvgIpc) is 2.54. The van der Waals surface area contributed by atoms with Crippen molar-refractivity contribution in [3.05, 3.63) is 10.0 Å². The summed E-state index contributed by atoms with van der Waals surface area (Å²) in [5, 5.41) is 1.20. The van der Waals surface area contributed by atoms with Gasteiger partial charge in [0.2, 0.25) is 0 Å². The summed E-state index contributed by atoms with van der Waals surface area (Å²) in [6.07, 6.45) is 1.89. The van der Waals surface area contributed by atoms with Crippen LogP contribution in [0, 0.1) is 0 Å². The molecule has 0 unspecified atom stereocenters. The van der Waals surface area contributed by atoms with Gasteiger partial charge in [0.05, 0.1) is 0 Å². The molecule has 0 aliphatic carbocycles. The zero-order chi connectivity index (χ0) is 12.5. The first-order valence-electron chi connectivity index (χ1n) is 5.52. The van der Waals surface area contributed by atoms with Crippen molar-refractivity contribution in [3.8, 4) is 0 Å². The number of nitrogens with zero attached hydrogens (tertiary/aromatic N) is 2. The van der Waals surface area contributed by atoms with Gasteiger partial charge in [0.1, 0.15) is 4.88 Å². The Morgan fingerprint density at radius 3 is 2.88 bits per heavy atom. The first-order valence-corrected chi connectivity index (χ1v) is 7.70. The van der Waals surface area contributed by atoms with Gasteiger partial charge in [-0.2, -0.15) is 11.8 Å². The molecule has 17 heavy (non-hydrogen) atoms. The molecule has 1 aliphatic heterocycles. The van der Waals surface area contributed by atoms with E-state index in [4.69, 9.17) is 11.6 Å². The summed E-state index contributed by atoms with van der Waals surface area (Å²) in [4.78, 5) is 17.8. The number of hydrogen-bond donors (Lipinski definition) is 0. The Labute approximate surface area is 115 Å². The summed E-state index contributed by atoms with van der Waals surface area (Å²) in [5.74, 6) is 1.08. The fourth-order valence-electron chi connectivity index (χ4n) is 1.72. The van der Waals surface area contributed by atoms with Gasteiger partial charge < -0.3 is 4.90 Å². The molecule has 0 bridgehead atoms. The molecule has 2 rings (SSSR count). The quantitative estimate of drug-likeness (QED) is 0.782. The van der Waals surface area contributed by atoms with Gasteiger partial charge in [0.15, 0.2) is 16.6 Å². The minimum absolute atomic E-state index is 0.323. The highest BCUT2D eigenvalue weighted by Crippen LogP contribution is 2.34. The van der Waals surface area contributed by atoms with Crippen LogP contribution in [0.2, 0.25) is 5.15 Å². The maximum Gasteiger partial charge on any atom is 0.187 e. The fourth-order valence-corrected chi connectivity index (χ4v) is 3.94. The molecule has 1 aliphatic rings. The topological polar surface area (TPSA) is 33.2 Å². The number of carbonyl (C=O) groups excluding carboxylic acids is 1. The third-order valence-corrected chi connectivity index (χ3v) is 5.63. The summed E-state index contributed by atoms with van der Waals surface area (Å²) >= 11 is 9.27. The summed E-state index contributed by atoms with van der Waals surface area (Å²) in [6.45, 7) is 6.48. The lowest BCUT2D eigenvalue weighted by atomic mass is 10.1. The van der Waals surface area contributed by atoms with Crippen LogP contribution in [-0.2, 0) is 0 Å². The lowest BCUT2D eigenvalue weighted by Gasteiger charge is -2.22. The number of aldehydes is 1. The first-order chi connectivity index (χ1) is 8.02. The van der Waals surface area contributed by atoms with Gasteiger partial charge in [-0.25, -0.2) is 4.98 Å². The van der Waals surface area contributed by atoms with Crippen molar-refractivity contribution in [1.29, 1.82) is 0 Å². The molecule has 6 heteroatoms. The van der Waals surface area contributed by atoms with Gasteiger partial charge in [-0.15, -0.1) is 0 Å². The molecule has 3 nitrogen and oxygen atoms in total. The van der Waals surface area contributed by atoms with Crippen LogP contribution in [0.1, 0.15) is 29.9 Å². The van der Waals surface area contributed by atoms with Crippen LogP contribution < -0.4 is 4.90 Å². The maximum atomic E-state index is 10.8. The van der Waals surface area contributed by atoms with Crippen LogP contribution in [-0.4, -0.2) is 34.9 Å². The van der Waals surface area contributed by atoms with Crippen LogP contribution in [0.25, 0.3) is 0 Å². The van der Waals surface area contributed by atoms with E-state index in [-0.39, 0.29) is 0 Å². The van der Waals surface area contributed by atoms with Gasteiger partial charge in [-0.1, -0.05) is 36.8 Å². The maximum absolute atomic E-state index is 10.8. The molecule has 0 amide bonds. The molecule has 1 aromatic heterocycles. The average molecular weight is 291 g/mol. The molecular weight excluding hydrogens is 276 g/mol. The number of hydrogen-bond acceptors (Lipinski definition) is 5. The van der Waals surface area contributed by atoms with E-state index in [1.807, 2.05) is 11.8 Å². The van der Waals surface area contributed by atoms with Crippen molar-refractivity contribution in [2.45, 2.75) is 25.0 Å². The second-order valence-corrected chi connectivity index (χ2v) is 7.78. The van der Waals surface area contributed by atoms with Crippen molar-refractivity contribution in [2.75, 3.05) is 23.7 Å². The minimum atomic E-state index is 0.323. The third kappa shape index (κ3) is 3.14. The van der Waals surface area contributed by atoms with E-state index in [0.29, 0.717) is 14.8 Å². The second-order valence-electron chi connectivity index (χ2n) is 4.61. The summed E-state index contributed by atoms with van der Waals surface area (Å²) < 4.78 is 0.323. The van der Waals surface area contributed by atoms with Gasteiger partial charge >= 0.3 is 0 Å². The number of halogens is 1. The Kier molecular flexibility index (Phi) is 4.00. The number of rotatable bonds is 2. The third-order valence-electron chi connectivity index (χ3n) is 2.81. The van der Waals surface area contributed by atoms with Crippen molar-refractivity contribution < 1.29 is 4.79 Å². The standard InChI is InChI=1S/C11H15ClN2OS2/c1-11(2)3-4-14(5-6-16-11)10-13-9(12)8(7-15)17-10/h7H,3-6H2,1-2H3. The lowest BCUT2D eigenvalue weighted by Crippen LogP contribution is -2.26. The number of carbonyl (C=O) groups is 1. The van der Waals surface area contributed by atoms with E-state index in [1.54, 1.807) is 0 Å². The monoisotopic (exact) mass is 290 g/mol. The summed E-state index contributed by atoms with van der Waals surface area (Å²) in [7, 11) is 0. The van der Waals surface area contributed by atoms with E-state index < -0.39 is 0 Å². The van der Waals surface area contributed by atoms with Crippen LogP contribution in [0.5, 0.6) is 0 Å². The molecule has 0 aromatic carbocycles. The zero-order valence-corrected chi connectivity index (χ0v) is 12.3. The largest absolute Gasteiger partial charge is 0.347 e. The SMILES string of the molecule is CC1(C)CCN(c2nc(Cl)c(C=O)s2)CCS1. The molecule has 0 N–H and O–H groups in total.